The highest BCUT2D eigenvalue weighted by molar-refractivity contribution is 4.99. The van der Waals surface area contributed by atoms with Crippen molar-refractivity contribution in [3.63, 3.8) is 0 Å². The van der Waals surface area contributed by atoms with E-state index in [1.165, 1.54) is 0 Å². The monoisotopic (exact) mass is 586 g/mol. The quantitative estimate of drug-likeness (QED) is 0.224. The zero-order valence-electron chi connectivity index (χ0n) is 17.0. The van der Waals surface area contributed by atoms with Gasteiger partial charge in [0.2, 0.25) is 0 Å². The minimum Gasteiger partial charge on any atom is -0.223 e. The molecule has 0 aliphatic carbocycles. The molecular weight excluding hydrogens is 572 g/mol. The van der Waals surface area contributed by atoms with Gasteiger partial charge in [-0.3, -0.25) is 0 Å². The normalized spacial score (nSPS) is 17.3. The van der Waals surface area contributed by atoms with Crippen LogP contribution < -0.4 is 0 Å². The molecule has 0 aliphatic rings. The van der Waals surface area contributed by atoms with Crippen molar-refractivity contribution in [2.75, 3.05) is 0 Å². The first kappa shape index (κ1) is 34.6. The standard InChI is InChI=1S/C16H14F20/c17-9(18,5-10(19,20)6-11(21,15(31,32)33)16(34,35)36)4-8(14(28,29)30)3-7(13(25,26)27)1-2-12(22,23)24/h7-8H,1-6H2. The van der Waals surface area contributed by atoms with Gasteiger partial charge in [0.15, 0.2) is 0 Å². The fourth-order valence-electron chi connectivity index (χ4n) is 3.02. The Morgan fingerprint density at radius 2 is 0.833 bits per heavy atom. The van der Waals surface area contributed by atoms with Crippen LogP contribution in [-0.2, 0) is 0 Å². The van der Waals surface area contributed by atoms with Gasteiger partial charge < -0.3 is 0 Å². The fraction of sp³-hybridized carbons (Fsp3) is 1.00. The predicted molar refractivity (Wildman–Crippen MR) is 78.7 cm³/mol. The van der Waals surface area contributed by atoms with Crippen LogP contribution in [0.1, 0.15) is 38.5 Å². The van der Waals surface area contributed by atoms with Crippen molar-refractivity contribution in [3.8, 4) is 0 Å². The van der Waals surface area contributed by atoms with Crippen molar-refractivity contribution in [1.29, 1.82) is 0 Å². The van der Waals surface area contributed by atoms with E-state index in [2.05, 4.69) is 0 Å². The first-order chi connectivity index (χ1) is 15.3. The van der Waals surface area contributed by atoms with Crippen LogP contribution >= 0.6 is 0 Å². The maximum Gasteiger partial charge on any atom is 0.431 e. The summed E-state index contributed by atoms with van der Waals surface area (Å²) in [5, 5.41) is 0. The molecule has 218 valence electrons. The largest absolute Gasteiger partial charge is 0.431 e. The summed E-state index contributed by atoms with van der Waals surface area (Å²) < 4.78 is 257. The van der Waals surface area contributed by atoms with Crippen LogP contribution in [-0.4, -0.2) is 48.4 Å². The van der Waals surface area contributed by atoms with Gasteiger partial charge >= 0.3 is 36.6 Å². The molecule has 0 aromatic rings. The van der Waals surface area contributed by atoms with Crippen LogP contribution in [0.2, 0.25) is 0 Å². The number of halogens is 20. The minimum absolute atomic E-state index is 2.09. The molecular formula is C16H14F20. The third-order valence-electron chi connectivity index (χ3n) is 4.73. The molecule has 20 heteroatoms. The predicted octanol–water partition coefficient (Wildman–Crippen LogP) is 9.35. The first-order valence-electron chi connectivity index (χ1n) is 9.11. The lowest BCUT2D eigenvalue weighted by molar-refractivity contribution is -0.356. The summed E-state index contributed by atoms with van der Waals surface area (Å²) in [7, 11) is 0. The lowest BCUT2D eigenvalue weighted by atomic mass is 9.84. The maximum atomic E-state index is 13.9. The highest BCUT2D eigenvalue weighted by Gasteiger charge is 2.75. The molecule has 36 heavy (non-hydrogen) atoms. The second-order valence-electron chi connectivity index (χ2n) is 7.93. The lowest BCUT2D eigenvalue weighted by Crippen LogP contribution is -2.56. The number of rotatable bonds is 10. The third kappa shape index (κ3) is 10.5. The summed E-state index contributed by atoms with van der Waals surface area (Å²) in [6, 6.07) is 0. The van der Waals surface area contributed by atoms with Crippen LogP contribution in [0.4, 0.5) is 87.8 Å². The molecule has 0 amide bonds. The molecule has 2 unspecified atom stereocenters. The van der Waals surface area contributed by atoms with Crippen molar-refractivity contribution >= 4 is 0 Å². The van der Waals surface area contributed by atoms with Gasteiger partial charge in [0, 0.05) is 12.8 Å². The smallest absolute Gasteiger partial charge is 0.223 e. The van der Waals surface area contributed by atoms with Gasteiger partial charge in [-0.1, -0.05) is 0 Å². The molecule has 0 rings (SSSR count). The van der Waals surface area contributed by atoms with Crippen molar-refractivity contribution in [1.82, 2.24) is 0 Å². The van der Waals surface area contributed by atoms with E-state index >= 15 is 0 Å². The van der Waals surface area contributed by atoms with Crippen molar-refractivity contribution in [2.45, 2.75) is 86.9 Å². The van der Waals surface area contributed by atoms with Crippen molar-refractivity contribution in [3.05, 3.63) is 0 Å². The van der Waals surface area contributed by atoms with E-state index in [4.69, 9.17) is 0 Å². The highest BCUT2D eigenvalue weighted by Crippen LogP contribution is 2.54. The van der Waals surface area contributed by atoms with Gasteiger partial charge in [0.05, 0.1) is 24.7 Å². The Kier molecular flexibility index (Phi) is 9.99. The Hall–Kier alpha value is -1.40. The molecule has 0 N–H and O–H groups in total. The summed E-state index contributed by atoms with van der Waals surface area (Å²) in [6.45, 7) is 0. The Morgan fingerprint density at radius 1 is 0.444 bits per heavy atom. The second kappa shape index (κ2) is 10.4. The van der Waals surface area contributed by atoms with Gasteiger partial charge in [-0.05, 0) is 12.8 Å². The second-order valence-corrected chi connectivity index (χ2v) is 7.93. The van der Waals surface area contributed by atoms with E-state index < -0.39 is 98.8 Å². The van der Waals surface area contributed by atoms with Crippen LogP contribution in [0.5, 0.6) is 0 Å². The molecule has 0 bridgehead atoms. The molecule has 2 atom stereocenters. The Morgan fingerprint density at radius 3 is 1.14 bits per heavy atom. The van der Waals surface area contributed by atoms with Gasteiger partial charge in [0.25, 0.3) is 11.8 Å². The number of alkyl halides is 20. The third-order valence-corrected chi connectivity index (χ3v) is 4.73. The summed E-state index contributed by atoms with van der Waals surface area (Å²) >= 11 is 0. The summed E-state index contributed by atoms with van der Waals surface area (Å²) in [5.41, 5.74) is -6.79. The van der Waals surface area contributed by atoms with E-state index in [0.29, 0.717) is 0 Å². The van der Waals surface area contributed by atoms with Gasteiger partial charge in [-0.15, -0.1) is 0 Å². The summed E-state index contributed by atoms with van der Waals surface area (Å²) in [4.78, 5) is 0. The molecule has 0 aliphatic heterocycles. The van der Waals surface area contributed by atoms with Gasteiger partial charge in [0.1, 0.15) is 0 Å². The molecule has 0 nitrogen and oxygen atoms in total. The molecule has 0 spiro atoms. The average molecular weight is 586 g/mol. The Bertz CT molecular complexity index is 673. The van der Waals surface area contributed by atoms with Crippen LogP contribution in [0.15, 0.2) is 0 Å². The number of hydrogen-bond donors (Lipinski definition) is 0. The van der Waals surface area contributed by atoms with E-state index in [1.807, 2.05) is 0 Å². The Labute approximate surface area is 188 Å². The van der Waals surface area contributed by atoms with Crippen molar-refractivity contribution in [2.24, 2.45) is 11.8 Å². The van der Waals surface area contributed by atoms with E-state index in [-0.39, 0.29) is 0 Å². The fourth-order valence-corrected chi connectivity index (χ4v) is 3.02. The number of hydrogen-bond acceptors (Lipinski definition) is 0. The Balaban J connectivity index is 5.93. The van der Waals surface area contributed by atoms with E-state index in [9.17, 15) is 87.8 Å². The lowest BCUT2D eigenvalue weighted by Gasteiger charge is -2.35. The zero-order chi connectivity index (χ0) is 29.4. The van der Waals surface area contributed by atoms with Crippen molar-refractivity contribution < 1.29 is 87.8 Å². The average Bonchev–Trinajstić information content (AvgIpc) is 2.50. The molecule has 0 fully saturated rings. The van der Waals surface area contributed by atoms with Gasteiger partial charge in [-0.2, -0.15) is 65.9 Å². The molecule has 0 saturated carbocycles. The van der Waals surface area contributed by atoms with Crippen LogP contribution in [0.25, 0.3) is 0 Å². The SMILES string of the molecule is FC(F)(F)CCC(CC(CC(F)(F)CC(F)(F)CC(F)(C(F)(F)F)C(F)(F)F)C(F)(F)F)C(F)(F)F. The van der Waals surface area contributed by atoms with E-state index in [1.54, 1.807) is 0 Å². The summed E-state index contributed by atoms with van der Waals surface area (Å²) in [5.74, 6) is -19.2. The molecule has 0 saturated heterocycles. The molecule has 0 aromatic heterocycles. The topological polar surface area (TPSA) is 0 Å². The molecule has 0 heterocycles. The van der Waals surface area contributed by atoms with E-state index in [0.717, 1.165) is 0 Å². The van der Waals surface area contributed by atoms with Crippen LogP contribution in [0, 0.1) is 11.8 Å². The molecule has 0 aromatic carbocycles. The highest BCUT2D eigenvalue weighted by atomic mass is 19.4. The van der Waals surface area contributed by atoms with Crippen LogP contribution in [0.3, 0.4) is 0 Å². The maximum absolute atomic E-state index is 13.9. The summed E-state index contributed by atoms with van der Waals surface area (Å²) in [6.07, 6.45) is -49.2. The molecule has 0 radical (unpaired) electrons. The zero-order valence-corrected chi connectivity index (χ0v) is 17.0. The minimum atomic E-state index is -7.14. The first-order valence-corrected chi connectivity index (χ1v) is 9.11. The van der Waals surface area contributed by atoms with Gasteiger partial charge in [-0.25, -0.2) is 22.0 Å².